The Morgan fingerprint density at radius 3 is 2.06 bits per heavy atom. The van der Waals surface area contributed by atoms with E-state index in [0.717, 1.165) is 22.0 Å². The van der Waals surface area contributed by atoms with Crippen molar-refractivity contribution >= 4 is 26.9 Å². The maximum Gasteiger partial charge on any atom is 0.322 e. The molecule has 178 valence electrons. The van der Waals surface area contributed by atoms with Crippen molar-refractivity contribution in [1.29, 1.82) is 0 Å². The normalized spacial score (nSPS) is 13.4. The van der Waals surface area contributed by atoms with Gasteiger partial charge in [0.2, 0.25) is 10.0 Å². The molecule has 0 aliphatic heterocycles. The van der Waals surface area contributed by atoms with Crippen LogP contribution in [0.2, 0.25) is 0 Å². The molecule has 1 aromatic heterocycles. The number of aromatic amines is 1. The van der Waals surface area contributed by atoms with Crippen molar-refractivity contribution in [3.63, 3.8) is 0 Å². The topological polar surface area (TPSA) is 99.3 Å². The van der Waals surface area contributed by atoms with Gasteiger partial charge in [-0.3, -0.25) is 4.79 Å². The number of para-hydroxylation sites is 1. The van der Waals surface area contributed by atoms with E-state index < -0.39 is 22.0 Å². The fourth-order valence-corrected chi connectivity index (χ4v) is 6.03. The third kappa shape index (κ3) is 5.31. The van der Waals surface area contributed by atoms with Gasteiger partial charge in [-0.15, -0.1) is 0 Å². The van der Waals surface area contributed by atoms with Gasteiger partial charge >= 0.3 is 5.97 Å². The van der Waals surface area contributed by atoms with Gasteiger partial charge in [0, 0.05) is 23.5 Å². The average molecular weight is 471 g/mol. The Balaban J connectivity index is 2.07. The summed E-state index contributed by atoms with van der Waals surface area (Å²) >= 11 is 0. The molecule has 0 aliphatic rings. The fraction of sp³-hybridized carbons (Fsp3) is 0.423. The lowest BCUT2D eigenvalue weighted by atomic mass is 9.89. The van der Waals surface area contributed by atoms with Crippen LogP contribution in [0.3, 0.4) is 0 Å². The number of fused-ring (bicyclic) bond motifs is 1. The molecule has 0 amide bonds. The number of sulfonamides is 1. The Morgan fingerprint density at radius 1 is 0.970 bits per heavy atom. The highest BCUT2D eigenvalue weighted by Crippen LogP contribution is 2.35. The van der Waals surface area contributed by atoms with Gasteiger partial charge in [0.15, 0.2) is 0 Å². The number of aromatic nitrogens is 1. The molecule has 0 fully saturated rings. The summed E-state index contributed by atoms with van der Waals surface area (Å²) in [6.45, 7) is 12.0. The van der Waals surface area contributed by atoms with Crippen molar-refractivity contribution in [1.82, 2.24) is 9.71 Å². The third-order valence-corrected chi connectivity index (χ3v) is 7.65. The van der Waals surface area contributed by atoms with E-state index >= 15 is 0 Å². The van der Waals surface area contributed by atoms with E-state index in [2.05, 4.69) is 23.6 Å². The maximum absolute atomic E-state index is 13.7. The largest absolute Gasteiger partial charge is 0.480 e. The zero-order valence-electron chi connectivity index (χ0n) is 20.1. The first-order valence-corrected chi connectivity index (χ1v) is 12.9. The van der Waals surface area contributed by atoms with Crippen LogP contribution >= 0.6 is 0 Å². The summed E-state index contributed by atoms with van der Waals surface area (Å²) in [5.41, 5.74) is 4.15. The van der Waals surface area contributed by atoms with Gasteiger partial charge in [0.25, 0.3) is 0 Å². The molecule has 1 heterocycles. The summed E-state index contributed by atoms with van der Waals surface area (Å²) in [6, 6.07) is 10.2. The summed E-state index contributed by atoms with van der Waals surface area (Å²) < 4.78 is 29.9. The second-order valence-corrected chi connectivity index (χ2v) is 11.2. The molecule has 0 bridgehead atoms. The first kappa shape index (κ1) is 25.0. The smallest absolute Gasteiger partial charge is 0.322 e. The molecule has 0 saturated heterocycles. The number of carbonyl (C=O) groups is 1. The highest BCUT2D eigenvalue weighted by Gasteiger charge is 2.31. The first-order valence-electron chi connectivity index (χ1n) is 11.4. The molecule has 7 heteroatoms. The number of carboxylic acids is 1. The molecule has 1 unspecified atom stereocenters. The number of H-pyrrole nitrogens is 1. The van der Waals surface area contributed by atoms with Gasteiger partial charge < -0.3 is 10.1 Å². The van der Waals surface area contributed by atoms with Crippen molar-refractivity contribution in [3.8, 4) is 0 Å². The van der Waals surface area contributed by atoms with Crippen LogP contribution < -0.4 is 4.72 Å². The minimum Gasteiger partial charge on any atom is -0.480 e. The van der Waals surface area contributed by atoms with Crippen LogP contribution in [-0.4, -0.2) is 30.5 Å². The first-order chi connectivity index (χ1) is 15.4. The van der Waals surface area contributed by atoms with Crippen molar-refractivity contribution in [2.45, 2.75) is 76.7 Å². The van der Waals surface area contributed by atoms with E-state index in [0.29, 0.717) is 11.1 Å². The maximum atomic E-state index is 13.7. The lowest BCUT2D eigenvalue weighted by molar-refractivity contribution is -0.138. The molecule has 0 aliphatic carbocycles. The van der Waals surface area contributed by atoms with Gasteiger partial charge in [-0.1, -0.05) is 71.9 Å². The van der Waals surface area contributed by atoms with Crippen molar-refractivity contribution < 1.29 is 18.3 Å². The van der Waals surface area contributed by atoms with E-state index in [-0.39, 0.29) is 29.1 Å². The molecule has 1 atom stereocenters. The predicted molar refractivity (Wildman–Crippen MR) is 132 cm³/mol. The molecular weight excluding hydrogens is 436 g/mol. The van der Waals surface area contributed by atoms with E-state index in [1.165, 1.54) is 0 Å². The molecule has 3 rings (SSSR count). The molecule has 33 heavy (non-hydrogen) atoms. The second kappa shape index (κ2) is 9.69. The minimum atomic E-state index is -4.10. The summed E-state index contributed by atoms with van der Waals surface area (Å²) in [6.07, 6.45) is 1.78. The van der Waals surface area contributed by atoms with E-state index in [4.69, 9.17) is 0 Å². The number of carboxylic acid groups (broad SMARTS) is 1. The summed E-state index contributed by atoms with van der Waals surface area (Å²) in [7, 11) is -4.10. The number of nitrogens with one attached hydrogen (secondary N) is 2. The van der Waals surface area contributed by atoms with Crippen molar-refractivity contribution in [2.24, 2.45) is 0 Å². The second-order valence-electron chi connectivity index (χ2n) is 9.57. The van der Waals surface area contributed by atoms with Crippen LogP contribution in [0.1, 0.15) is 81.5 Å². The van der Waals surface area contributed by atoms with Gasteiger partial charge in [-0.25, -0.2) is 8.42 Å². The SMILES string of the molecule is CC(C)c1cc(C(C)C)c(S(=O)(=O)NC(Cc2c[nH]c3ccccc23)C(=O)O)c(C(C)C)c1. The minimum absolute atomic E-state index is 0.0373. The fourth-order valence-electron chi connectivity index (χ4n) is 4.15. The molecule has 0 spiro atoms. The molecule has 3 N–H and O–H groups in total. The van der Waals surface area contributed by atoms with Crippen molar-refractivity contribution in [2.75, 3.05) is 0 Å². The van der Waals surface area contributed by atoms with E-state index in [1.807, 2.05) is 64.1 Å². The zero-order valence-corrected chi connectivity index (χ0v) is 21.0. The molecule has 0 radical (unpaired) electrons. The lowest BCUT2D eigenvalue weighted by Gasteiger charge is -2.24. The number of rotatable bonds is 9. The van der Waals surface area contributed by atoms with Crippen LogP contribution in [0, 0.1) is 0 Å². The Hall–Kier alpha value is -2.64. The van der Waals surface area contributed by atoms with Crippen LogP contribution in [0.5, 0.6) is 0 Å². The van der Waals surface area contributed by atoms with E-state index in [1.54, 1.807) is 6.20 Å². The Kier molecular flexibility index (Phi) is 7.34. The molecule has 6 nitrogen and oxygen atoms in total. The zero-order chi connectivity index (χ0) is 24.5. The highest BCUT2D eigenvalue weighted by molar-refractivity contribution is 7.89. The monoisotopic (exact) mass is 470 g/mol. The van der Waals surface area contributed by atoms with Crippen LogP contribution in [0.15, 0.2) is 47.5 Å². The van der Waals surface area contributed by atoms with Crippen molar-refractivity contribution in [3.05, 3.63) is 64.8 Å². The van der Waals surface area contributed by atoms with Gasteiger partial charge in [-0.05, 0) is 46.1 Å². The molecule has 2 aromatic carbocycles. The lowest BCUT2D eigenvalue weighted by Crippen LogP contribution is -2.42. The highest BCUT2D eigenvalue weighted by atomic mass is 32.2. The molecular formula is C26H34N2O4S. The van der Waals surface area contributed by atoms with Gasteiger partial charge in [0.05, 0.1) is 4.90 Å². The Bertz CT molecular complexity index is 1230. The summed E-state index contributed by atoms with van der Waals surface area (Å²) in [5, 5.41) is 10.8. The van der Waals surface area contributed by atoms with E-state index in [9.17, 15) is 18.3 Å². The molecule has 0 saturated carbocycles. The third-order valence-electron chi connectivity index (χ3n) is 6.04. The summed E-state index contributed by atoms with van der Waals surface area (Å²) in [4.78, 5) is 15.4. The number of hydrogen-bond donors (Lipinski definition) is 3. The quantitative estimate of drug-likeness (QED) is 0.384. The van der Waals surface area contributed by atoms with Crippen LogP contribution in [-0.2, 0) is 21.2 Å². The Morgan fingerprint density at radius 2 is 1.55 bits per heavy atom. The van der Waals surface area contributed by atoms with Crippen LogP contribution in [0.25, 0.3) is 10.9 Å². The standard InChI is InChI=1S/C26H34N2O4S/c1-15(2)18-11-21(16(3)4)25(22(12-18)17(5)6)33(31,32)28-24(26(29)30)13-19-14-27-23-10-8-7-9-20(19)23/h7-12,14-17,24,27-28H,13H2,1-6H3,(H,29,30). The Labute approximate surface area is 196 Å². The number of benzene rings is 2. The number of hydrogen-bond acceptors (Lipinski definition) is 3. The van der Waals surface area contributed by atoms with Gasteiger partial charge in [0.1, 0.15) is 6.04 Å². The van der Waals surface area contributed by atoms with Crippen LogP contribution in [0.4, 0.5) is 0 Å². The van der Waals surface area contributed by atoms with Gasteiger partial charge in [-0.2, -0.15) is 4.72 Å². The molecule has 3 aromatic rings. The number of aliphatic carboxylic acids is 1. The average Bonchev–Trinajstić information content (AvgIpc) is 3.14. The predicted octanol–water partition coefficient (Wildman–Crippen LogP) is 5.51. The summed E-state index contributed by atoms with van der Waals surface area (Å²) in [5.74, 6) is -1.03.